The Hall–Kier alpha value is -0.0400. The quantitative estimate of drug-likeness (QED) is 0.241. The van der Waals surface area contributed by atoms with Gasteiger partial charge >= 0.3 is 0 Å². The van der Waals surface area contributed by atoms with Gasteiger partial charge in [-0.1, -0.05) is 110 Å². The summed E-state index contributed by atoms with van der Waals surface area (Å²) in [6, 6.07) is 0. The Kier molecular flexibility index (Phi) is 19.9. The molecule has 0 fully saturated rings. The lowest BCUT2D eigenvalue weighted by Crippen LogP contribution is -1.88. The number of rotatable bonds is 18. The van der Waals surface area contributed by atoms with Crippen LogP contribution in [0.5, 0.6) is 0 Å². The Morgan fingerprint density at radius 2 is 0.714 bits per heavy atom. The van der Waals surface area contributed by atoms with Crippen molar-refractivity contribution in [3.05, 3.63) is 0 Å². The van der Waals surface area contributed by atoms with Gasteiger partial charge in [0.1, 0.15) is 0 Å². The van der Waals surface area contributed by atoms with Crippen LogP contribution in [-0.2, 0) is 4.74 Å². The van der Waals surface area contributed by atoms with Gasteiger partial charge in [0.25, 0.3) is 0 Å². The van der Waals surface area contributed by atoms with E-state index in [1.807, 2.05) is 0 Å². The summed E-state index contributed by atoms with van der Waals surface area (Å²) in [7, 11) is 1.80. The Bertz CT molecular complexity index is 149. The third-order valence-corrected chi connectivity index (χ3v) is 4.45. The summed E-state index contributed by atoms with van der Waals surface area (Å²) in [5.41, 5.74) is 0. The molecule has 0 N–H and O–H groups in total. The van der Waals surface area contributed by atoms with Gasteiger partial charge in [0, 0.05) is 13.7 Å². The lowest BCUT2D eigenvalue weighted by molar-refractivity contribution is 0.192. The molecule has 0 heterocycles. The molecule has 128 valence electrons. The fourth-order valence-corrected chi connectivity index (χ4v) is 2.97. The van der Waals surface area contributed by atoms with Crippen LogP contribution < -0.4 is 0 Å². The van der Waals surface area contributed by atoms with Gasteiger partial charge in [-0.25, -0.2) is 0 Å². The summed E-state index contributed by atoms with van der Waals surface area (Å²) in [5, 5.41) is 0. The largest absolute Gasteiger partial charge is 0.385 e. The molecule has 0 amide bonds. The Morgan fingerprint density at radius 3 is 1.00 bits per heavy atom. The molecule has 0 aliphatic heterocycles. The van der Waals surface area contributed by atoms with Gasteiger partial charge in [0.2, 0.25) is 0 Å². The zero-order valence-corrected chi connectivity index (χ0v) is 15.1. The molecule has 0 bridgehead atoms. The summed E-state index contributed by atoms with van der Waals surface area (Å²) < 4.78 is 5.07. The van der Waals surface area contributed by atoms with Crippen LogP contribution in [0.15, 0.2) is 0 Å². The molecule has 0 aromatic heterocycles. The van der Waals surface area contributed by atoms with E-state index < -0.39 is 0 Å². The monoisotopic (exact) mass is 298 g/mol. The standard InChI is InChI=1S/C20H42O/c1-3-4-5-6-7-8-9-10-11-12-13-14-15-16-17-18-19-20-21-2/h3-20H2,1-2H3. The zero-order valence-electron chi connectivity index (χ0n) is 15.1. The summed E-state index contributed by atoms with van der Waals surface area (Å²) in [6.45, 7) is 3.24. The predicted molar refractivity (Wildman–Crippen MR) is 96.0 cm³/mol. The molecule has 0 saturated carbocycles. The maximum absolute atomic E-state index is 5.07. The van der Waals surface area contributed by atoms with Crippen molar-refractivity contribution in [2.75, 3.05) is 13.7 Å². The van der Waals surface area contributed by atoms with Crippen molar-refractivity contribution in [1.29, 1.82) is 0 Å². The fraction of sp³-hybridized carbons (Fsp3) is 1.00. The molecular formula is C20H42O. The zero-order chi connectivity index (χ0) is 15.4. The van der Waals surface area contributed by atoms with E-state index >= 15 is 0 Å². The van der Waals surface area contributed by atoms with Gasteiger partial charge in [-0.3, -0.25) is 0 Å². The fourth-order valence-electron chi connectivity index (χ4n) is 2.97. The van der Waals surface area contributed by atoms with Gasteiger partial charge < -0.3 is 4.74 Å². The van der Waals surface area contributed by atoms with Crippen LogP contribution in [0.1, 0.15) is 116 Å². The molecule has 0 rings (SSSR count). The van der Waals surface area contributed by atoms with E-state index in [2.05, 4.69) is 6.92 Å². The lowest BCUT2D eigenvalue weighted by atomic mass is 10.0. The van der Waals surface area contributed by atoms with Crippen LogP contribution >= 0.6 is 0 Å². The highest BCUT2D eigenvalue weighted by atomic mass is 16.5. The highest BCUT2D eigenvalue weighted by Gasteiger charge is 1.94. The number of ether oxygens (including phenoxy) is 1. The van der Waals surface area contributed by atoms with Crippen molar-refractivity contribution in [2.45, 2.75) is 116 Å². The van der Waals surface area contributed by atoms with E-state index in [0.717, 1.165) is 6.61 Å². The van der Waals surface area contributed by atoms with Crippen molar-refractivity contribution in [1.82, 2.24) is 0 Å². The third kappa shape index (κ3) is 20.0. The maximum Gasteiger partial charge on any atom is 0.0462 e. The molecule has 0 aromatic carbocycles. The van der Waals surface area contributed by atoms with Crippen molar-refractivity contribution in [3.8, 4) is 0 Å². The minimum absolute atomic E-state index is 0.943. The second-order valence-electron chi connectivity index (χ2n) is 6.65. The van der Waals surface area contributed by atoms with E-state index in [1.165, 1.54) is 109 Å². The van der Waals surface area contributed by atoms with E-state index in [-0.39, 0.29) is 0 Å². The first kappa shape index (κ1) is 21.0. The number of methoxy groups -OCH3 is 1. The molecule has 0 aliphatic rings. The molecule has 21 heavy (non-hydrogen) atoms. The summed E-state index contributed by atoms with van der Waals surface area (Å²) >= 11 is 0. The van der Waals surface area contributed by atoms with Crippen LogP contribution in [0, 0.1) is 0 Å². The smallest absolute Gasteiger partial charge is 0.0462 e. The minimum atomic E-state index is 0.943. The van der Waals surface area contributed by atoms with Crippen LogP contribution in [0.4, 0.5) is 0 Å². The van der Waals surface area contributed by atoms with Crippen LogP contribution in [0.2, 0.25) is 0 Å². The van der Waals surface area contributed by atoms with Crippen LogP contribution in [0.3, 0.4) is 0 Å². The molecule has 0 aromatic rings. The average molecular weight is 299 g/mol. The van der Waals surface area contributed by atoms with Gasteiger partial charge in [0.05, 0.1) is 0 Å². The summed E-state index contributed by atoms with van der Waals surface area (Å²) in [6.07, 6.45) is 24.4. The Balaban J connectivity index is 2.90. The van der Waals surface area contributed by atoms with E-state index in [1.54, 1.807) is 7.11 Å². The second-order valence-corrected chi connectivity index (χ2v) is 6.65. The minimum Gasteiger partial charge on any atom is -0.385 e. The van der Waals surface area contributed by atoms with E-state index in [4.69, 9.17) is 4.74 Å². The average Bonchev–Trinajstić information content (AvgIpc) is 2.50. The van der Waals surface area contributed by atoms with E-state index in [0.29, 0.717) is 0 Å². The van der Waals surface area contributed by atoms with Gasteiger partial charge in [-0.05, 0) is 6.42 Å². The lowest BCUT2D eigenvalue weighted by Gasteiger charge is -2.03. The van der Waals surface area contributed by atoms with Crippen molar-refractivity contribution in [3.63, 3.8) is 0 Å². The first-order valence-corrected chi connectivity index (χ1v) is 9.90. The molecule has 0 radical (unpaired) electrons. The number of unbranched alkanes of at least 4 members (excludes halogenated alkanes) is 16. The molecule has 0 unspecified atom stereocenters. The SMILES string of the molecule is CCCCCCCCCCCCCCCCCCCOC. The number of hydrogen-bond acceptors (Lipinski definition) is 1. The highest BCUT2D eigenvalue weighted by molar-refractivity contribution is 4.50. The van der Waals surface area contributed by atoms with Crippen molar-refractivity contribution in [2.24, 2.45) is 0 Å². The van der Waals surface area contributed by atoms with Gasteiger partial charge in [-0.2, -0.15) is 0 Å². The highest BCUT2D eigenvalue weighted by Crippen LogP contribution is 2.13. The van der Waals surface area contributed by atoms with E-state index in [9.17, 15) is 0 Å². The summed E-state index contributed by atoms with van der Waals surface area (Å²) in [5.74, 6) is 0. The first-order chi connectivity index (χ1) is 10.4. The Labute approximate surface area is 135 Å². The van der Waals surface area contributed by atoms with Gasteiger partial charge in [-0.15, -0.1) is 0 Å². The van der Waals surface area contributed by atoms with Crippen molar-refractivity contribution < 1.29 is 4.74 Å². The maximum atomic E-state index is 5.07. The van der Waals surface area contributed by atoms with Crippen LogP contribution in [-0.4, -0.2) is 13.7 Å². The molecule has 0 spiro atoms. The normalized spacial score (nSPS) is 11.1. The van der Waals surface area contributed by atoms with Crippen molar-refractivity contribution >= 4 is 0 Å². The molecule has 1 heteroatoms. The topological polar surface area (TPSA) is 9.23 Å². The molecule has 0 aliphatic carbocycles. The summed E-state index contributed by atoms with van der Waals surface area (Å²) in [4.78, 5) is 0. The third-order valence-electron chi connectivity index (χ3n) is 4.45. The number of hydrogen-bond donors (Lipinski definition) is 0. The van der Waals surface area contributed by atoms with Gasteiger partial charge in [0.15, 0.2) is 0 Å². The molecule has 0 saturated heterocycles. The molecular weight excluding hydrogens is 256 g/mol. The molecule has 0 atom stereocenters. The predicted octanol–water partition coefficient (Wildman–Crippen LogP) is 7.28. The second kappa shape index (κ2) is 20.0. The van der Waals surface area contributed by atoms with Crippen LogP contribution in [0.25, 0.3) is 0 Å². The molecule has 1 nitrogen and oxygen atoms in total. The first-order valence-electron chi connectivity index (χ1n) is 9.90. The Morgan fingerprint density at radius 1 is 0.429 bits per heavy atom.